The molecule has 10 nitrogen and oxygen atoms in total. The van der Waals surface area contributed by atoms with Gasteiger partial charge < -0.3 is 24.7 Å². The predicted octanol–water partition coefficient (Wildman–Crippen LogP) is 1.37. The fourth-order valence-electron chi connectivity index (χ4n) is 2.70. The molecule has 0 fully saturated rings. The molecule has 2 aromatic heterocycles. The quantitative estimate of drug-likeness (QED) is 0.572. The molecule has 0 aliphatic carbocycles. The third-order valence-electron chi connectivity index (χ3n) is 4.01. The molecule has 2 N–H and O–H groups in total. The Hall–Kier alpha value is -3.58. The number of ether oxygens (including phenoxy) is 4. The van der Waals surface area contributed by atoms with Crippen molar-refractivity contribution >= 4 is 17.0 Å². The van der Waals surface area contributed by atoms with Gasteiger partial charge in [-0.3, -0.25) is 4.57 Å². The monoisotopic (exact) mass is 384 g/mol. The van der Waals surface area contributed by atoms with E-state index in [0.29, 0.717) is 41.6 Å². The standard InChI is InChI=1S/C18H20N6O4/c1-25-6-7-28-17-22-15(20)14-16(23-17)24(18(21-14)27-3)10-12-8-11(9-19)4-5-13(12)26-2/h4-5,8H,6-7,10H2,1-3H3,(H2,20,22,23). The van der Waals surface area contributed by atoms with E-state index in [2.05, 4.69) is 21.0 Å². The van der Waals surface area contributed by atoms with Crippen molar-refractivity contribution < 1.29 is 18.9 Å². The minimum Gasteiger partial charge on any atom is -0.496 e. The number of nitriles is 1. The molecule has 0 bridgehead atoms. The topological polar surface area (TPSA) is 130 Å². The smallest absolute Gasteiger partial charge is 0.320 e. The molecule has 146 valence electrons. The number of imidazole rings is 1. The van der Waals surface area contributed by atoms with E-state index in [-0.39, 0.29) is 18.4 Å². The number of hydrogen-bond acceptors (Lipinski definition) is 9. The molecule has 0 saturated carbocycles. The average Bonchev–Trinajstić information content (AvgIpc) is 3.06. The van der Waals surface area contributed by atoms with Gasteiger partial charge in [-0.05, 0) is 18.2 Å². The first-order valence-corrected chi connectivity index (χ1v) is 8.37. The molecular weight excluding hydrogens is 364 g/mol. The molecule has 0 amide bonds. The van der Waals surface area contributed by atoms with Crippen LogP contribution in [0.2, 0.25) is 0 Å². The van der Waals surface area contributed by atoms with Crippen molar-refractivity contribution in [3.05, 3.63) is 29.3 Å². The molecule has 0 spiro atoms. The first-order chi connectivity index (χ1) is 13.6. The lowest BCUT2D eigenvalue weighted by Crippen LogP contribution is -2.09. The number of anilines is 1. The van der Waals surface area contributed by atoms with Gasteiger partial charge in [0.2, 0.25) is 0 Å². The molecule has 10 heteroatoms. The molecule has 1 aromatic carbocycles. The van der Waals surface area contributed by atoms with Crippen molar-refractivity contribution in [1.29, 1.82) is 5.26 Å². The van der Waals surface area contributed by atoms with Gasteiger partial charge in [0.25, 0.3) is 6.01 Å². The number of methoxy groups -OCH3 is 3. The van der Waals surface area contributed by atoms with Gasteiger partial charge in [-0.1, -0.05) is 0 Å². The summed E-state index contributed by atoms with van der Waals surface area (Å²) >= 11 is 0. The van der Waals surface area contributed by atoms with E-state index < -0.39 is 0 Å². The summed E-state index contributed by atoms with van der Waals surface area (Å²) in [4.78, 5) is 12.9. The summed E-state index contributed by atoms with van der Waals surface area (Å²) < 4.78 is 23.0. The summed E-state index contributed by atoms with van der Waals surface area (Å²) in [5, 5.41) is 9.20. The normalized spacial score (nSPS) is 10.6. The van der Waals surface area contributed by atoms with E-state index in [1.807, 2.05) is 0 Å². The number of nitrogens with two attached hydrogens (primary N) is 1. The zero-order valence-corrected chi connectivity index (χ0v) is 15.8. The third-order valence-corrected chi connectivity index (χ3v) is 4.01. The van der Waals surface area contributed by atoms with Crippen molar-refractivity contribution in [3.8, 4) is 23.8 Å². The van der Waals surface area contributed by atoms with Crippen LogP contribution in [0.1, 0.15) is 11.1 Å². The Kier molecular flexibility index (Phi) is 5.76. The van der Waals surface area contributed by atoms with Crippen LogP contribution in [-0.2, 0) is 11.3 Å². The SMILES string of the molecule is COCCOc1nc(N)c2nc(OC)n(Cc3cc(C#N)ccc3OC)c2n1. The van der Waals surface area contributed by atoms with Crippen molar-refractivity contribution in [2.75, 3.05) is 40.3 Å². The maximum absolute atomic E-state index is 9.20. The van der Waals surface area contributed by atoms with Crippen LogP contribution < -0.4 is 19.9 Å². The lowest BCUT2D eigenvalue weighted by molar-refractivity contribution is 0.141. The van der Waals surface area contributed by atoms with Gasteiger partial charge in [-0.25, -0.2) is 0 Å². The van der Waals surface area contributed by atoms with Crippen molar-refractivity contribution in [2.45, 2.75) is 6.54 Å². The van der Waals surface area contributed by atoms with Crippen LogP contribution in [0.15, 0.2) is 18.2 Å². The molecule has 3 rings (SSSR count). The van der Waals surface area contributed by atoms with Gasteiger partial charge in [-0.2, -0.15) is 20.2 Å². The Morgan fingerprint density at radius 3 is 2.61 bits per heavy atom. The van der Waals surface area contributed by atoms with Crippen LogP contribution in [-0.4, -0.2) is 54.1 Å². The van der Waals surface area contributed by atoms with E-state index in [9.17, 15) is 5.26 Å². The Morgan fingerprint density at radius 1 is 1.11 bits per heavy atom. The van der Waals surface area contributed by atoms with E-state index in [4.69, 9.17) is 24.7 Å². The number of nitrogens with zero attached hydrogens (tertiary/aromatic N) is 5. The van der Waals surface area contributed by atoms with Crippen molar-refractivity contribution in [3.63, 3.8) is 0 Å². The number of aromatic nitrogens is 4. The second-order valence-electron chi connectivity index (χ2n) is 5.73. The molecule has 0 saturated heterocycles. The fourth-order valence-corrected chi connectivity index (χ4v) is 2.70. The van der Waals surface area contributed by atoms with Crippen molar-refractivity contribution in [1.82, 2.24) is 19.5 Å². The van der Waals surface area contributed by atoms with Gasteiger partial charge in [0, 0.05) is 12.7 Å². The Balaban J connectivity index is 2.08. The summed E-state index contributed by atoms with van der Waals surface area (Å²) in [7, 11) is 4.64. The second kappa shape index (κ2) is 8.41. The summed E-state index contributed by atoms with van der Waals surface area (Å²) in [6.07, 6.45) is 0. The van der Waals surface area contributed by atoms with Gasteiger partial charge in [0.05, 0.1) is 39.0 Å². The lowest BCUT2D eigenvalue weighted by Gasteiger charge is -2.12. The lowest BCUT2D eigenvalue weighted by atomic mass is 10.1. The maximum atomic E-state index is 9.20. The third kappa shape index (κ3) is 3.74. The van der Waals surface area contributed by atoms with Gasteiger partial charge in [0.15, 0.2) is 17.0 Å². The largest absolute Gasteiger partial charge is 0.496 e. The molecule has 3 aromatic rings. The van der Waals surface area contributed by atoms with Crippen LogP contribution in [0.25, 0.3) is 11.2 Å². The summed E-state index contributed by atoms with van der Waals surface area (Å²) in [6.45, 7) is 0.971. The van der Waals surface area contributed by atoms with Crippen LogP contribution in [0, 0.1) is 11.3 Å². The molecule has 2 heterocycles. The maximum Gasteiger partial charge on any atom is 0.320 e. The molecule has 0 aliphatic rings. The van der Waals surface area contributed by atoms with E-state index in [1.165, 1.54) is 7.11 Å². The predicted molar refractivity (Wildman–Crippen MR) is 100 cm³/mol. The summed E-state index contributed by atoms with van der Waals surface area (Å²) in [6, 6.07) is 7.70. The van der Waals surface area contributed by atoms with Gasteiger partial charge in [0.1, 0.15) is 12.4 Å². The molecule has 0 atom stereocenters. The summed E-state index contributed by atoms with van der Waals surface area (Å²) in [5.41, 5.74) is 8.15. The van der Waals surface area contributed by atoms with Crippen LogP contribution >= 0.6 is 0 Å². The van der Waals surface area contributed by atoms with E-state index in [1.54, 1.807) is 37.0 Å². The highest BCUT2D eigenvalue weighted by molar-refractivity contribution is 5.83. The number of hydrogen-bond donors (Lipinski definition) is 1. The average molecular weight is 384 g/mol. The van der Waals surface area contributed by atoms with Gasteiger partial charge in [-0.15, -0.1) is 0 Å². The fraction of sp³-hybridized carbons (Fsp3) is 0.333. The first kappa shape index (κ1) is 19.2. The number of nitrogen functional groups attached to an aromatic ring is 1. The zero-order chi connectivity index (χ0) is 20.1. The van der Waals surface area contributed by atoms with Gasteiger partial charge >= 0.3 is 6.01 Å². The molecular formula is C18H20N6O4. The van der Waals surface area contributed by atoms with E-state index >= 15 is 0 Å². The van der Waals surface area contributed by atoms with Crippen LogP contribution in [0.4, 0.5) is 5.82 Å². The number of benzene rings is 1. The highest BCUT2D eigenvalue weighted by Gasteiger charge is 2.19. The van der Waals surface area contributed by atoms with Crippen LogP contribution in [0.3, 0.4) is 0 Å². The second-order valence-corrected chi connectivity index (χ2v) is 5.73. The molecule has 0 aliphatic heterocycles. The Morgan fingerprint density at radius 2 is 1.93 bits per heavy atom. The highest BCUT2D eigenvalue weighted by atomic mass is 16.5. The Bertz CT molecular complexity index is 1030. The molecule has 0 unspecified atom stereocenters. The molecule has 28 heavy (non-hydrogen) atoms. The number of rotatable bonds is 8. The number of fused-ring (bicyclic) bond motifs is 1. The Labute approximate surface area is 161 Å². The van der Waals surface area contributed by atoms with E-state index in [0.717, 1.165) is 5.56 Å². The molecule has 0 radical (unpaired) electrons. The van der Waals surface area contributed by atoms with Crippen LogP contribution in [0.5, 0.6) is 17.8 Å². The first-order valence-electron chi connectivity index (χ1n) is 8.37. The minimum absolute atomic E-state index is 0.114. The van der Waals surface area contributed by atoms with Crippen molar-refractivity contribution in [2.24, 2.45) is 0 Å². The minimum atomic E-state index is 0.114. The zero-order valence-electron chi connectivity index (χ0n) is 15.8. The summed E-state index contributed by atoms with van der Waals surface area (Å²) in [5.74, 6) is 0.800. The highest BCUT2D eigenvalue weighted by Crippen LogP contribution is 2.29.